The first-order valence-corrected chi connectivity index (χ1v) is 10.6. The highest BCUT2D eigenvalue weighted by molar-refractivity contribution is 7.89. The quantitative estimate of drug-likeness (QED) is 0.561. The van der Waals surface area contributed by atoms with Crippen molar-refractivity contribution >= 4 is 15.9 Å². The molecular formula is C18H29N3O5S. The maximum absolute atomic E-state index is 13.1. The van der Waals surface area contributed by atoms with Crippen LogP contribution in [0.25, 0.3) is 0 Å². The summed E-state index contributed by atoms with van der Waals surface area (Å²) in [6.07, 6.45) is 2.71. The molecule has 3 N–H and O–H groups in total. The van der Waals surface area contributed by atoms with Crippen LogP contribution in [0.5, 0.6) is 5.75 Å². The number of ether oxygens (including phenoxy) is 2. The summed E-state index contributed by atoms with van der Waals surface area (Å²) >= 11 is 0. The van der Waals surface area contributed by atoms with Gasteiger partial charge in [0.1, 0.15) is 12.4 Å². The first-order valence-electron chi connectivity index (χ1n) is 9.19. The number of rotatable bonds is 10. The van der Waals surface area contributed by atoms with E-state index in [1.807, 2.05) is 0 Å². The van der Waals surface area contributed by atoms with Crippen LogP contribution in [-0.4, -0.2) is 64.6 Å². The minimum Gasteiger partial charge on any atom is -0.491 e. The zero-order chi connectivity index (χ0) is 19.7. The molecule has 1 aliphatic heterocycles. The van der Waals surface area contributed by atoms with E-state index in [9.17, 15) is 13.2 Å². The van der Waals surface area contributed by atoms with Gasteiger partial charge in [0.05, 0.1) is 11.5 Å². The van der Waals surface area contributed by atoms with Crippen molar-refractivity contribution in [3.8, 4) is 5.75 Å². The second kappa shape index (κ2) is 10.6. The molecule has 0 spiro atoms. The normalized spacial score (nSPS) is 18.2. The van der Waals surface area contributed by atoms with Gasteiger partial charge in [0.2, 0.25) is 15.9 Å². The number of amides is 1. The summed E-state index contributed by atoms with van der Waals surface area (Å²) < 4.78 is 38.0. The molecule has 0 radical (unpaired) electrons. The average molecular weight is 400 g/mol. The molecule has 0 aromatic heterocycles. The molecule has 1 unspecified atom stereocenters. The second-order valence-corrected chi connectivity index (χ2v) is 8.31. The number of carbonyl (C=O) groups is 1. The van der Waals surface area contributed by atoms with E-state index in [0.717, 1.165) is 19.3 Å². The van der Waals surface area contributed by atoms with Crippen molar-refractivity contribution < 1.29 is 22.7 Å². The Morgan fingerprint density at radius 3 is 2.67 bits per heavy atom. The number of benzene rings is 1. The molecular weight excluding hydrogens is 370 g/mol. The van der Waals surface area contributed by atoms with Crippen molar-refractivity contribution in [1.29, 1.82) is 0 Å². The van der Waals surface area contributed by atoms with Gasteiger partial charge >= 0.3 is 0 Å². The fourth-order valence-electron chi connectivity index (χ4n) is 3.03. The molecule has 1 fully saturated rings. The lowest BCUT2D eigenvalue weighted by Crippen LogP contribution is -2.49. The Bertz CT molecular complexity index is 693. The topological polar surface area (TPSA) is 111 Å². The summed E-state index contributed by atoms with van der Waals surface area (Å²) in [6, 6.07) is 6.14. The number of nitrogens with zero attached hydrogens (tertiary/aromatic N) is 1. The van der Waals surface area contributed by atoms with E-state index in [1.54, 1.807) is 31.4 Å². The van der Waals surface area contributed by atoms with Gasteiger partial charge in [-0.05, 0) is 37.1 Å². The third kappa shape index (κ3) is 6.17. The van der Waals surface area contributed by atoms with Gasteiger partial charge in [-0.2, -0.15) is 4.31 Å². The van der Waals surface area contributed by atoms with Crippen LogP contribution >= 0.6 is 0 Å². The number of nitrogens with two attached hydrogens (primary N) is 1. The number of methoxy groups -OCH3 is 1. The molecule has 1 aromatic rings. The number of hydrogen-bond acceptors (Lipinski definition) is 6. The summed E-state index contributed by atoms with van der Waals surface area (Å²) in [7, 11) is -2.05. The number of sulfonamides is 1. The van der Waals surface area contributed by atoms with E-state index in [0.29, 0.717) is 32.1 Å². The molecule has 1 heterocycles. The van der Waals surface area contributed by atoms with E-state index in [2.05, 4.69) is 5.32 Å². The monoisotopic (exact) mass is 399 g/mol. The zero-order valence-electron chi connectivity index (χ0n) is 15.7. The van der Waals surface area contributed by atoms with Gasteiger partial charge in [0.25, 0.3) is 0 Å². The zero-order valence-corrected chi connectivity index (χ0v) is 16.5. The number of nitrogens with one attached hydrogen (secondary N) is 1. The maximum atomic E-state index is 13.1. The van der Waals surface area contributed by atoms with Gasteiger partial charge in [-0.1, -0.05) is 6.42 Å². The van der Waals surface area contributed by atoms with Crippen molar-refractivity contribution in [3.63, 3.8) is 0 Å². The number of carbonyl (C=O) groups excluding carboxylic acids is 1. The van der Waals surface area contributed by atoms with E-state index >= 15 is 0 Å². The maximum Gasteiger partial charge on any atom is 0.243 e. The van der Waals surface area contributed by atoms with Crippen LogP contribution in [0.2, 0.25) is 0 Å². The predicted octanol–water partition coefficient (Wildman–Crippen LogP) is 0.720. The summed E-state index contributed by atoms with van der Waals surface area (Å²) in [6.45, 7) is 1.89. The van der Waals surface area contributed by atoms with E-state index in [-0.39, 0.29) is 29.8 Å². The van der Waals surface area contributed by atoms with Crippen LogP contribution in [0.15, 0.2) is 29.2 Å². The molecule has 9 heteroatoms. The Labute approximate surface area is 161 Å². The van der Waals surface area contributed by atoms with Gasteiger partial charge in [0.15, 0.2) is 0 Å². The summed E-state index contributed by atoms with van der Waals surface area (Å²) in [5, 5.41) is 2.79. The van der Waals surface area contributed by atoms with Gasteiger partial charge in [0, 0.05) is 39.2 Å². The minimum atomic E-state index is -3.64. The van der Waals surface area contributed by atoms with Gasteiger partial charge in [-0.3, -0.25) is 4.79 Å². The Kier molecular flexibility index (Phi) is 8.49. The molecule has 27 heavy (non-hydrogen) atoms. The lowest BCUT2D eigenvalue weighted by Gasteiger charge is -2.34. The Balaban J connectivity index is 2.06. The van der Waals surface area contributed by atoms with Crippen LogP contribution in [-0.2, 0) is 19.6 Å². The SMILES string of the molecule is COCCOc1ccc(S(=O)(=O)N2CCCCC2CNC(=O)CCN)cc1. The van der Waals surface area contributed by atoms with E-state index < -0.39 is 10.0 Å². The van der Waals surface area contributed by atoms with Gasteiger partial charge in [-0.15, -0.1) is 0 Å². The Morgan fingerprint density at radius 1 is 1.26 bits per heavy atom. The van der Waals surface area contributed by atoms with Crippen LogP contribution in [0.1, 0.15) is 25.7 Å². The van der Waals surface area contributed by atoms with Crippen LogP contribution in [0, 0.1) is 0 Å². The van der Waals surface area contributed by atoms with Crippen LogP contribution < -0.4 is 15.8 Å². The molecule has 1 amide bonds. The fourth-order valence-corrected chi connectivity index (χ4v) is 4.72. The largest absolute Gasteiger partial charge is 0.491 e. The van der Waals surface area contributed by atoms with Crippen LogP contribution in [0.3, 0.4) is 0 Å². The first-order chi connectivity index (χ1) is 13.0. The molecule has 2 rings (SSSR count). The predicted molar refractivity (Wildman–Crippen MR) is 102 cm³/mol. The molecule has 0 bridgehead atoms. The highest BCUT2D eigenvalue weighted by Gasteiger charge is 2.33. The second-order valence-electron chi connectivity index (χ2n) is 6.42. The van der Waals surface area contributed by atoms with Crippen LogP contribution in [0.4, 0.5) is 0 Å². The molecule has 0 aliphatic carbocycles. The molecule has 1 saturated heterocycles. The van der Waals surface area contributed by atoms with E-state index in [1.165, 1.54) is 4.31 Å². The average Bonchev–Trinajstić information content (AvgIpc) is 2.67. The van der Waals surface area contributed by atoms with Crippen molar-refractivity contribution in [1.82, 2.24) is 9.62 Å². The van der Waals surface area contributed by atoms with Crippen molar-refractivity contribution in [2.75, 3.05) is 40.0 Å². The number of hydrogen-bond donors (Lipinski definition) is 2. The third-order valence-electron chi connectivity index (χ3n) is 4.47. The highest BCUT2D eigenvalue weighted by atomic mass is 32.2. The molecule has 1 aliphatic rings. The summed E-state index contributed by atoms with van der Waals surface area (Å²) in [4.78, 5) is 11.9. The first kappa shape index (κ1) is 21.6. The minimum absolute atomic E-state index is 0.155. The fraction of sp³-hybridized carbons (Fsp3) is 0.611. The van der Waals surface area contributed by atoms with Gasteiger partial charge < -0.3 is 20.5 Å². The number of piperidine rings is 1. The molecule has 1 atom stereocenters. The lowest BCUT2D eigenvalue weighted by molar-refractivity contribution is -0.121. The third-order valence-corrected chi connectivity index (χ3v) is 6.43. The lowest BCUT2D eigenvalue weighted by atomic mass is 10.1. The molecule has 0 saturated carbocycles. The molecule has 1 aromatic carbocycles. The summed E-state index contributed by atoms with van der Waals surface area (Å²) in [5.74, 6) is 0.438. The molecule has 152 valence electrons. The van der Waals surface area contributed by atoms with Crippen molar-refractivity contribution in [2.45, 2.75) is 36.6 Å². The van der Waals surface area contributed by atoms with E-state index in [4.69, 9.17) is 15.2 Å². The smallest absolute Gasteiger partial charge is 0.243 e. The Morgan fingerprint density at radius 2 is 2.00 bits per heavy atom. The van der Waals surface area contributed by atoms with Crippen molar-refractivity contribution in [3.05, 3.63) is 24.3 Å². The summed E-state index contributed by atoms with van der Waals surface area (Å²) in [5.41, 5.74) is 5.38. The standard InChI is InChI=1S/C18H29N3O5S/c1-25-12-13-26-16-5-7-17(8-6-16)27(23,24)21-11-3-2-4-15(21)14-20-18(22)9-10-19/h5-8,15H,2-4,9-14,19H2,1H3,(H,20,22). The highest BCUT2D eigenvalue weighted by Crippen LogP contribution is 2.26. The Hall–Kier alpha value is -1.68. The van der Waals surface area contributed by atoms with Gasteiger partial charge in [-0.25, -0.2) is 8.42 Å². The van der Waals surface area contributed by atoms with Crippen molar-refractivity contribution in [2.24, 2.45) is 5.73 Å². The molecule has 8 nitrogen and oxygen atoms in total.